The predicted molar refractivity (Wildman–Crippen MR) is 89.8 cm³/mol. The molecule has 1 atom stereocenters. The number of benzene rings is 1. The van der Waals surface area contributed by atoms with Crippen LogP contribution in [0.4, 0.5) is 5.69 Å². The van der Waals surface area contributed by atoms with E-state index in [1.807, 2.05) is 0 Å². The lowest BCUT2D eigenvalue weighted by Gasteiger charge is -2.18. The summed E-state index contributed by atoms with van der Waals surface area (Å²) in [5.41, 5.74) is 3.92. The van der Waals surface area contributed by atoms with Crippen LogP contribution in [0.1, 0.15) is 59.7 Å². The average molecular weight is 285 g/mol. The van der Waals surface area contributed by atoms with Crippen LogP contribution < -0.4 is 5.32 Å². The summed E-state index contributed by atoms with van der Waals surface area (Å²) >= 11 is 0. The lowest BCUT2D eigenvalue weighted by atomic mass is 9.92. The minimum absolute atomic E-state index is 0.0576. The summed E-state index contributed by atoms with van der Waals surface area (Å²) in [6.45, 7) is 11.3. The molecular formula is C18H27N3. The third-order valence-corrected chi connectivity index (χ3v) is 4.53. The molecule has 3 heteroatoms. The van der Waals surface area contributed by atoms with Crippen molar-refractivity contribution < 1.29 is 0 Å². The molecule has 0 amide bonds. The molecular weight excluding hydrogens is 258 g/mol. The fourth-order valence-corrected chi connectivity index (χ4v) is 3.25. The Morgan fingerprint density at radius 1 is 1.29 bits per heavy atom. The molecule has 1 aliphatic rings. The zero-order valence-corrected chi connectivity index (χ0v) is 13.9. The fraction of sp³-hybridized carbons (Fsp3) is 0.611. The van der Waals surface area contributed by atoms with Crippen LogP contribution in [-0.2, 0) is 5.41 Å². The minimum Gasteiger partial charge on any atom is -0.382 e. The molecule has 0 bridgehead atoms. The van der Waals surface area contributed by atoms with E-state index in [2.05, 4.69) is 63.1 Å². The van der Waals surface area contributed by atoms with Gasteiger partial charge < -0.3 is 10.3 Å². The van der Waals surface area contributed by atoms with E-state index in [0.717, 1.165) is 16.9 Å². The quantitative estimate of drug-likeness (QED) is 0.828. The zero-order chi connectivity index (χ0) is 15.3. The molecule has 114 valence electrons. The molecule has 1 heterocycles. The Balaban J connectivity index is 1.81. The molecule has 1 unspecified atom stereocenters. The number of aromatic amines is 1. The summed E-state index contributed by atoms with van der Waals surface area (Å²) in [4.78, 5) is 8.16. The van der Waals surface area contributed by atoms with Gasteiger partial charge in [0.1, 0.15) is 5.82 Å². The molecule has 1 aliphatic carbocycles. The molecule has 0 radical (unpaired) electrons. The van der Waals surface area contributed by atoms with Crippen molar-refractivity contribution in [3.8, 4) is 0 Å². The number of nitrogens with one attached hydrogen (secondary N) is 2. The first-order chi connectivity index (χ1) is 9.73. The van der Waals surface area contributed by atoms with Crippen LogP contribution in [0.15, 0.2) is 18.2 Å². The van der Waals surface area contributed by atoms with E-state index in [1.165, 1.54) is 24.9 Å². The van der Waals surface area contributed by atoms with E-state index >= 15 is 0 Å². The van der Waals surface area contributed by atoms with Gasteiger partial charge in [0.15, 0.2) is 0 Å². The van der Waals surface area contributed by atoms with Crippen molar-refractivity contribution in [1.29, 1.82) is 0 Å². The first kappa shape index (κ1) is 14.4. The van der Waals surface area contributed by atoms with Crippen LogP contribution in [0.2, 0.25) is 0 Å². The molecule has 3 rings (SSSR count). The van der Waals surface area contributed by atoms with Gasteiger partial charge in [-0.25, -0.2) is 4.98 Å². The van der Waals surface area contributed by atoms with Gasteiger partial charge in [-0.3, -0.25) is 0 Å². The summed E-state index contributed by atoms with van der Waals surface area (Å²) < 4.78 is 0. The number of hydrogen-bond donors (Lipinski definition) is 2. The topological polar surface area (TPSA) is 40.7 Å². The minimum atomic E-state index is 0.0576. The number of H-pyrrole nitrogens is 1. The summed E-state index contributed by atoms with van der Waals surface area (Å²) in [6.07, 6.45) is 3.83. The largest absolute Gasteiger partial charge is 0.382 e. The molecule has 2 N–H and O–H groups in total. The van der Waals surface area contributed by atoms with Crippen molar-refractivity contribution in [3.05, 3.63) is 24.0 Å². The van der Waals surface area contributed by atoms with Crippen LogP contribution in [0.5, 0.6) is 0 Å². The Labute approximate surface area is 127 Å². The van der Waals surface area contributed by atoms with Gasteiger partial charge in [0.25, 0.3) is 0 Å². The Morgan fingerprint density at radius 3 is 2.67 bits per heavy atom. The van der Waals surface area contributed by atoms with E-state index in [1.54, 1.807) is 0 Å². The third-order valence-electron chi connectivity index (χ3n) is 4.53. The predicted octanol–water partition coefficient (Wildman–Crippen LogP) is 4.85. The summed E-state index contributed by atoms with van der Waals surface area (Å²) in [7, 11) is 0. The number of imidazole rings is 1. The summed E-state index contributed by atoms with van der Waals surface area (Å²) in [6, 6.07) is 7.07. The monoisotopic (exact) mass is 285 g/mol. The van der Waals surface area contributed by atoms with Gasteiger partial charge in [-0.1, -0.05) is 34.6 Å². The van der Waals surface area contributed by atoms with Crippen molar-refractivity contribution in [3.63, 3.8) is 0 Å². The maximum absolute atomic E-state index is 4.70. The lowest BCUT2D eigenvalue weighted by Crippen LogP contribution is -2.17. The fourth-order valence-electron chi connectivity index (χ4n) is 3.25. The summed E-state index contributed by atoms with van der Waals surface area (Å²) in [5, 5.41) is 3.69. The normalized spacial score (nSPS) is 21.9. The van der Waals surface area contributed by atoms with Crippen molar-refractivity contribution >= 4 is 16.7 Å². The first-order valence-electron chi connectivity index (χ1n) is 8.00. The van der Waals surface area contributed by atoms with E-state index < -0.39 is 0 Å². The highest BCUT2D eigenvalue weighted by molar-refractivity contribution is 5.79. The molecule has 3 nitrogen and oxygen atoms in total. The molecule has 1 fully saturated rings. The van der Waals surface area contributed by atoms with Crippen molar-refractivity contribution in [2.24, 2.45) is 5.41 Å². The molecule has 0 spiro atoms. The SMILES string of the molecule is CC1(C)CCC(Nc2ccc3nc(C(C)(C)C)[nH]c3c2)C1. The molecule has 1 saturated carbocycles. The Hall–Kier alpha value is -1.51. The second kappa shape index (κ2) is 4.75. The Morgan fingerprint density at radius 2 is 2.05 bits per heavy atom. The van der Waals surface area contributed by atoms with E-state index in [4.69, 9.17) is 4.98 Å². The Bertz CT molecular complexity index is 646. The van der Waals surface area contributed by atoms with Gasteiger partial charge in [-0.05, 0) is 42.9 Å². The Kier molecular flexibility index (Phi) is 3.27. The maximum Gasteiger partial charge on any atom is 0.112 e. The van der Waals surface area contributed by atoms with E-state index in [0.29, 0.717) is 11.5 Å². The van der Waals surface area contributed by atoms with Crippen LogP contribution in [0, 0.1) is 5.41 Å². The zero-order valence-electron chi connectivity index (χ0n) is 13.9. The standard InChI is InChI=1S/C18H27N3/c1-17(2,3)16-20-14-7-6-12(10-15(14)21-16)19-13-8-9-18(4,5)11-13/h6-7,10,13,19H,8-9,11H2,1-5H3,(H,20,21). The molecule has 1 aromatic carbocycles. The molecule has 2 aromatic rings. The van der Waals surface area contributed by atoms with Gasteiger partial charge in [-0.15, -0.1) is 0 Å². The van der Waals surface area contributed by atoms with Crippen molar-refractivity contribution in [2.45, 2.75) is 65.3 Å². The highest BCUT2D eigenvalue weighted by Crippen LogP contribution is 2.38. The number of nitrogens with zero attached hydrogens (tertiary/aromatic N) is 1. The maximum atomic E-state index is 4.70. The number of anilines is 1. The molecule has 0 aliphatic heterocycles. The van der Waals surface area contributed by atoms with Gasteiger partial charge in [0.2, 0.25) is 0 Å². The van der Waals surface area contributed by atoms with Crippen LogP contribution in [0.3, 0.4) is 0 Å². The van der Waals surface area contributed by atoms with Crippen LogP contribution in [0.25, 0.3) is 11.0 Å². The van der Waals surface area contributed by atoms with Gasteiger partial charge >= 0.3 is 0 Å². The van der Waals surface area contributed by atoms with Gasteiger partial charge in [-0.2, -0.15) is 0 Å². The highest BCUT2D eigenvalue weighted by atomic mass is 15.0. The lowest BCUT2D eigenvalue weighted by molar-refractivity contribution is 0.378. The molecule has 21 heavy (non-hydrogen) atoms. The van der Waals surface area contributed by atoms with Crippen molar-refractivity contribution in [2.75, 3.05) is 5.32 Å². The first-order valence-corrected chi connectivity index (χ1v) is 8.00. The van der Waals surface area contributed by atoms with Crippen molar-refractivity contribution in [1.82, 2.24) is 9.97 Å². The van der Waals surface area contributed by atoms with Crippen LogP contribution >= 0.6 is 0 Å². The number of rotatable bonds is 2. The van der Waals surface area contributed by atoms with Gasteiger partial charge in [0.05, 0.1) is 11.0 Å². The highest BCUT2D eigenvalue weighted by Gasteiger charge is 2.30. The smallest absolute Gasteiger partial charge is 0.112 e. The second-order valence-electron chi connectivity index (χ2n) is 8.32. The number of hydrogen-bond acceptors (Lipinski definition) is 2. The third kappa shape index (κ3) is 3.07. The number of fused-ring (bicyclic) bond motifs is 1. The molecule has 1 aromatic heterocycles. The van der Waals surface area contributed by atoms with E-state index in [-0.39, 0.29) is 5.41 Å². The van der Waals surface area contributed by atoms with E-state index in [9.17, 15) is 0 Å². The summed E-state index contributed by atoms with van der Waals surface area (Å²) in [5.74, 6) is 1.05. The number of aromatic nitrogens is 2. The molecule has 0 saturated heterocycles. The van der Waals surface area contributed by atoms with Gasteiger partial charge in [0, 0.05) is 17.1 Å². The second-order valence-corrected chi connectivity index (χ2v) is 8.32. The van der Waals surface area contributed by atoms with Crippen LogP contribution in [-0.4, -0.2) is 16.0 Å². The average Bonchev–Trinajstić information content (AvgIpc) is 2.91.